The van der Waals surface area contributed by atoms with E-state index in [-0.39, 0.29) is 18.4 Å². The number of carboxylic acid groups (broad SMARTS) is 1. The molecule has 0 unspecified atom stereocenters. The van der Waals surface area contributed by atoms with E-state index in [1.54, 1.807) is 6.08 Å². The molecule has 0 aliphatic heterocycles. The van der Waals surface area contributed by atoms with Crippen LogP contribution in [-0.2, 0) is 14.4 Å². The normalized spacial score (nSPS) is 21.6. The number of nitrogens with one attached hydrogen (secondary N) is 2. The molecular formula is C14H22N2O4. The summed E-state index contributed by atoms with van der Waals surface area (Å²) in [6, 6.07) is 0. The van der Waals surface area contributed by atoms with Crippen molar-refractivity contribution in [3.05, 3.63) is 12.2 Å². The third-order valence-corrected chi connectivity index (χ3v) is 3.22. The average molecular weight is 282 g/mol. The molecule has 2 amide bonds. The Morgan fingerprint density at radius 1 is 1.15 bits per heavy atom. The van der Waals surface area contributed by atoms with Gasteiger partial charge in [-0.1, -0.05) is 26.0 Å². The molecule has 0 saturated heterocycles. The van der Waals surface area contributed by atoms with Gasteiger partial charge in [0.2, 0.25) is 11.8 Å². The van der Waals surface area contributed by atoms with Gasteiger partial charge in [0.1, 0.15) is 0 Å². The molecule has 1 aliphatic rings. The Bertz CT molecular complexity index is 404. The lowest BCUT2D eigenvalue weighted by Crippen LogP contribution is -2.43. The monoisotopic (exact) mass is 282 g/mol. The maximum Gasteiger partial charge on any atom is 0.307 e. The largest absolute Gasteiger partial charge is 0.481 e. The van der Waals surface area contributed by atoms with E-state index in [2.05, 4.69) is 10.6 Å². The van der Waals surface area contributed by atoms with Crippen LogP contribution in [0.25, 0.3) is 0 Å². The number of carbonyl (C=O) groups excluding carboxylic acids is 2. The minimum Gasteiger partial charge on any atom is -0.481 e. The maximum absolute atomic E-state index is 12.0. The van der Waals surface area contributed by atoms with Gasteiger partial charge in [-0.25, -0.2) is 0 Å². The highest BCUT2D eigenvalue weighted by Gasteiger charge is 2.33. The quantitative estimate of drug-likeness (QED) is 0.620. The molecule has 0 aromatic heterocycles. The number of amides is 2. The first-order chi connectivity index (χ1) is 9.41. The Kier molecular flexibility index (Phi) is 6.21. The van der Waals surface area contributed by atoms with Gasteiger partial charge >= 0.3 is 5.97 Å². The fourth-order valence-electron chi connectivity index (χ4n) is 2.06. The van der Waals surface area contributed by atoms with E-state index in [4.69, 9.17) is 5.11 Å². The Morgan fingerprint density at radius 3 is 2.30 bits per heavy atom. The second-order valence-electron chi connectivity index (χ2n) is 5.41. The molecule has 0 radical (unpaired) electrons. The molecule has 6 nitrogen and oxygen atoms in total. The van der Waals surface area contributed by atoms with Gasteiger partial charge in [0.15, 0.2) is 0 Å². The van der Waals surface area contributed by atoms with E-state index >= 15 is 0 Å². The molecule has 0 aromatic rings. The summed E-state index contributed by atoms with van der Waals surface area (Å²) < 4.78 is 0. The Morgan fingerprint density at radius 2 is 1.75 bits per heavy atom. The molecule has 0 bridgehead atoms. The van der Waals surface area contributed by atoms with Crippen LogP contribution >= 0.6 is 0 Å². The molecule has 0 saturated carbocycles. The van der Waals surface area contributed by atoms with Crippen LogP contribution in [0.2, 0.25) is 0 Å². The second-order valence-corrected chi connectivity index (χ2v) is 5.41. The van der Waals surface area contributed by atoms with Crippen LogP contribution in [-0.4, -0.2) is 36.0 Å². The van der Waals surface area contributed by atoms with E-state index in [1.165, 1.54) is 0 Å². The number of allylic oxidation sites excluding steroid dienone is 2. The summed E-state index contributed by atoms with van der Waals surface area (Å²) in [6.45, 7) is 4.39. The van der Waals surface area contributed by atoms with Crippen LogP contribution in [0.15, 0.2) is 12.2 Å². The molecule has 0 aromatic carbocycles. The van der Waals surface area contributed by atoms with E-state index in [1.807, 2.05) is 19.9 Å². The summed E-state index contributed by atoms with van der Waals surface area (Å²) in [5, 5.41) is 14.3. The second kappa shape index (κ2) is 7.67. The highest BCUT2D eigenvalue weighted by molar-refractivity contribution is 5.88. The summed E-state index contributed by atoms with van der Waals surface area (Å²) in [4.78, 5) is 34.6. The molecule has 1 rings (SSSR count). The first-order valence-electron chi connectivity index (χ1n) is 6.84. The smallest absolute Gasteiger partial charge is 0.307 e. The minimum absolute atomic E-state index is 0.113. The van der Waals surface area contributed by atoms with E-state index in [9.17, 15) is 14.4 Å². The Hall–Kier alpha value is -1.85. The third kappa shape index (κ3) is 5.03. The zero-order valence-electron chi connectivity index (χ0n) is 11.9. The van der Waals surface area contributed by atoms with Crippen molar-refractivity contribution in [1.29, 1.82) is 0 Å². The Labute approximate surface area is 118 Å². The van der Waals surface area contributed by atoms with Crippen LogP contribution in [0.1, 0.15) is 26.7 Å². The molecule has 6 heteroatoms. The highest BCUT2D eigenvalue weighted by Crippen LogP contribution is 2.25. The molecule has 3 N–H and O–H groups in total. The van der Waals surface area contributed by atoms with Gasteiger partial charge in [-0.3, -0.25) is 14.4 Å². The van der Waals surface area contributed by atoms with Gasteiger partial charge < -0.3 is 15.7 Å². The van der Waals surface area contributed by atoms with Gasteiger partial charge in [-0.15, -0.1) is 0 Å². The zero-order valence-corrected chi connectivity index (χ0v) is 11.9. The van der Waals surface area contributed by atoms with Crippen molar-refractivity contribution in [2.24, 2.45) is 17.8 Å². The number of hydrogen-bond donors (Lipinski definition) is 3. The van der Waals surface area contributed by atoms with Gasteiger partial charge in [-0.05, 0) is 18.8 Å². The van der Waals surface area contributed by atoms with Crippen LogP contribution in [0.4, 0.5) is 0 Å². The van der Waals surface area contributed by atoms with Crippen molar-refractivity contribution in [2.45, 2.75) is 26.7 Å². The molecule has 1 aliphatic carbocycles. The molecular weight excluding hydrogens is 260 g/mol. The molecule has 0 spiro atoms. The van der Waals surface area contributed by atoms with E-state index in [0.29, 0.717) is 25.3 Å². The summed E-state index contributed by atoms with van der Waals surface area (Å²) in [5.41, 5.74) is 0. The third-order valence-electron chi connectivity index (χ3n) is 3.22. The summed E-state index contributed by atoms with van der Waals surface area (Å²) in [5.74, 6) is -2.57. The van der Waals surface area contributed by atoms with Crippen molar-refractivity contribution in [1.82, 2.24) is 10.6 Å². The molecule has 112 valence electrons. The predicted octanol–water partition coefficient (Wildman–Crippen LogP) is 0.542. The first-order valence-corrected chi connectivity index (χ1v) is 6.84. The first kappa shape index (κ1) is 16.2. The number of carbonyl (C=O) groups is 3. The minimum atomic E-state index is -0.973. The van der Waals surface area contributed by atoms with Gasteiger partial charge in [0, 0.05) is 6.54 Å². The number of carboxylic acids is 1. The van der Waals surface area contributed by atoms with Crippen LogP contribution < -0.4 is 10.6 Å². The number of aliphatic carboxylic acids is 1. The topological polar surface area (TPSA) is 95.5 Å². The molecule has 0 fully saturated rings. The van der Waals surface area contributed by atoms with Crippen molar-refractivity contribution in [3.8, 4) is 0 Å². The summed E-state index contributed by atoms with van der Waals surface area (Å²) in [6.07, 6.45) is 4.34. The maximum atomic E-state index is 12.0. The van der Waals surface area contributed by atoms with Crippen LogP contribution in [0, 0.1) is 17.8 Å². The average Bonchev–Trinajstić information content (AvgIpc) is 2.42. The fraction of sp³-hybridized carbons (Fsp3) is 0.643. The number of rotatable bonds is 6. The van der Waals surface area contributed by atoms with Crippen LogP contribution in [0.3, 0.4) is 0 Å². The number of hydrogen-bond acceptors (Lipinski definition) is 3. The SMILES string of the molecule is CC(C)CNC(=O)CNC(=O)[C@@H]1CC=CC[C@@H]1C(=O)O. The van der Waals surface area contributed by atoms with Crippen molar-refractivity contribution in [3.63, 3.8) is 0 Å². The van der Waals surface area contributed by atoms with E-state index in [0.717, 1.165) is 0 Å². The van der Waals surface area contributed by atoms with E-state index < -0.39 is 17.8 Å². The van der Waals surface area contributed by atoms with Crippen molar-refractivity contribution in [2.75, 3.05) is 13.1 Å². The fourth-order valence-corrected chi connectivity index (χ4v) is 2.06. The summed E-state index contributed by atoms with van der Waals surface area (Å²) >= 11 is 0. The lowest BCUT2D eigenvalue weighted by Gasteiger charge is -2.24. The highest BCUT2D eigenvalue weighted by atomic mass is 16.4. The van der Waals surface area contributed by atoms with Crippen molar-refractivity contribution >= 4 is 17.8 Å². The summed E-state index contributed by atoms with van der Waals surface area (Å²) in [7, 11) is 0. The van der Waals surface area contributed by atoms with Gasteiger partial charge in [-0.2, -0.15) is 0 Å². The Balaban J connectivity index is 2.43. The lowest BCUT2D eigenvalue weighted by atomic mass is 9.82. The van der Waals surface area contributed by atoms with Crippen LogP contribution in [0.5, 0.6) is 0 Å². The molecule has 2 atom stereocenters. The standard InChI is InChI=1S/C14H22N2O4/c1-9(2)7-15-12(17)8-16-13(18)10-5-3-4-6-11(10)14(19)20/h3-4,9-11H,5-8H2,1-2H3,(H,15,17)(H,16,18)(H,19,20)/t10-,11+/m1/s1. The molecule has 0 heterocycles. The zero-order chi connectivity index (χ0) is 15.1. The predicted molar refractivity (Wildman–Crippen MR) is 73.8 cm³/mol. The van der Waals surface area contributed by atoms with Gasteiger partial charge in [0.05, 0.1) is 18.4 Å². The van der Waals surface area contributed by atoms with Gasteiger partial charge in [0.25, 0.3) is 0 Å². The van der Waals surface area contributed by atoms with Crippen molar-refractivity contribution < 1.29 is 19.5 Å². The lowest BCUT2D eigenvalue weighted by molar-refractivity contribution is -0.147. The molecule has 20 heavy (non-hydrogen) atoms.